The van der Waals surface area contributed by atoms with Crippen molar-refractivity contribution < 1.29 is 4.74 Å². The van der Waals surface area contributed by atoms with Crippen molar-refractivity contribution in [2.45, 2.75) is 6.42 Å². The molecule has 0 saturated heterocycles. The van der Waals surface area contributed by atoms with Crippen LogP contribution >= 0.6 is 0 Å². The zero-order chi connectivity index (χ0) is 10.8. The van der Waals surface area contributed by atoms with Gasteiger partial charge in [0.25, 0.3) is 0 Å². The van der Waals surface area contributed by atoms with Gasteiger partial charge < -0.3 is 15.0 Å². The van der Waals surface area contributed by atoms with Gasteiger partial charge in [-0.3, -0.25) is 0 Å². The lowest BCUT2D eigenvalue weighted by atomic mass is 10.3. The van der Waals surface area contributed by atoms with E-state index in [0.29, 0.717) is 6.54 Å². The largest absolute Gasteiger partial charge is 0.494 e. The van der Waals surface area contributed by atoms with Gasteiger partial charge in [0, 0.05) is 13.5 Å². The Labute approximate surface area is 88.7 Å². The summed E-state index contributed by atoms with van der Waals surface area (Å²) in [6.45, 7) is 0.611. The molecule has 1 aromatic carbocycles. The second kappa shape index (κ2) is 3.90. The summed E-state index contributed by atoms with van der Waals surface area (Å²) in [4.78, 5) is 4.51. The number of hydrogen-bond acceptors (Lipinski definition) is 3. The highest BCUT2D eigenvalue weighted by molar-refractivity contribution is 5.82. The Bertz CT molecular complexity index is 476. The van der Waals surface area contributed by atoms with Gasteiger partial charge in [0.2, 0.25) is 0 Å². The minimum Gasteiger partial charge on any atom is -0.494 e. The topological polar surface area (TPSA) is 53.1 Å². The molecule has 2 N–H and O–H groups in total. The van der Waals surface area contributed by atoms with E-state index in [0.717, 1.165) is 29.0 Å². The first-order chi connectivity index (χ1) is 7.27. The number of hydrogen-bond donors (Lipinski definition) is 1. The van der Waals surface area contributed by atoms with E-state index in [2.05, 4.69) is 4.98 Å². The predicted octanol–water partition coefficient (Wildman–Crippen LogP) is 1.08. The first kappa shape index (κ1) is 9.98. The smallest absolute Gasteiger partial charge is 0.144 e. The fourth-order valence-electron chi connectivity index (χ4n) is 1.80. The average molecular weight is 205 g/mol. The number of nitrogens with two attached hydrogens (primary N) is 1. The second-order valence-electron chi connectivity index (χ2n) is 3.45. The van der Waals surface area contributed by atoms with Gasteiger partial charge in [-0.2, -0.15) is 0 Å². The van der Waals surface area contributed by atoms with E-state index in [1.807, 2.05) is 29.8 Å². The van der Waals surface area contributed by atoms with E-state index >= 15 is 0 Å². The molecule has 0 aliphatic heterocycles. The van der Waals surface area contributed by atoms with Crippen LogP contribution in [0.15, 0.2) is 18.2 Å². The van der Waals surface area contributed by atoms with Gasteiger partial charge in [0.1, 0.15) is 17.1 Å². The SMILES string of the molecule is COc1cccc2nc(CCN)n(C)c12. The molecule has 0 unspecified atom stereocenters. The van der Waals surface area contributed by atoms with Crippen molar-refractivity contribution in [3.63, 3.8) is 0 Å². The van der Waals surface area contributed by atoms with Gasteiger partial charge in [-0.05, 0) is 18.7 Å². The zero-order valence-corrected chi connectivity index (χ0v) is 9.03. The molecule has 0 spiro atoms. The number of fused-ring (bicyclic) bond motifs is 1. The highest BCUT2D eigenvalue weighted by Crippen LogP contribution is 2.25. The fraction of sp³-hybridized carbons (Fsp3) is 0.364. The van der Waals surface area contributed by atoms with E-state index in [9.17, 15) is 0 Å². The van der Waals surface area contributed by atoms with Crippen molar-refractivity contribution in [2.75, 3.05) is 13.7 Å². The van der Waals surface area contributed by atoms with Crippen molar-refractivity contribution in [1.29, 1.82) is 0 Å². The molecule has 0 radical (unpaired) electrons. The number of imidazole rings is 1. The zero-order valence-electron chi connectivity index (χ0n) is 9.03. The van der Waals surface area contributed by atoms with Crippen LogP contribution in [0.4, 0.5) is 0 Å². The molecule has 2 rings (SSSR count). The Morgan fingerprint density at radius 2 is 2.27 bits per heavy atom. The number of aryl methyl sites for hydroxylation is 1. The minimum absolute atomic E-state index is 0.611. The molecule has 0 atom stereocenters. The maximum absolute atomic E-state index is 5.54. The van der Waals surface area contributed by atoms with Gasteiger partial charge in [0.15, 0.2) is 0 Å². The number of methoxy groups -OCH3 is 1. The summed E-state index contributed by atoms with van der Waals surface area (Å²) in [5, 5.41) is 0. The summed E-state index contributed by atoms with van der Waals surface area (Å²) in [6, 6.07) is 5.87. The van der Waals surface area contributed by atoms with E-state index in [1.165, 1.54) is 0 Å². The molecule has 0 aliphatic carbocycles. The third-order valence-electron chi connectivity index (χ3n) is 2.54. The van der Waals surface area contributed by atoms with Crippen molar-refractivity contribution in [1.82, 2.24) is 9.55 Å². The van der Waals surface area contributed by atoms with Crippen LogP contribution in [0.3, 0.4) is 0 Å². The van der Waals surface area contributed by atoms with Crippen LogP contribution in [0.25, 0.3) is 11.0 Å². The number of ether oxygens (including phenoxy) is 1. The van der Waals surface area contributed by atoms with E-state index in [4.69, 9.17) is 10.5 Å². The van der Waals surface area contributed by atoms with Crippen molar-refractivity contribution in [2.24, 2.45) is 12.8 Å². The van der Waals surface area contributed by atoms with E-state index in [-0.39, 0.29) is 0 Å². The van der Waals surface area contributed by atoms with Crippen molar-refractivity contribution >= 4 is 11.0 Å². The molecule has 4 heteroatoms. The molecule has 80 valence electrons. The molecular formula is C11H15N3O. The van der Waals surface area contributed by atoms with Gasteiger partial charge in [0.05, 0.1) is 12.6 Å². The summed E-state index contributed by atoms with van der Waals surface area (Å²) in [7, 11) is 3.66. The molecular weight excluding hydrogens is 190 g/mol. The van der Waals surface area contributed by atoms with E-state index < -0.39 is 0 Å². The Balaban J connectivity index is 2.65. The minimum atomic E-state index is 0.611. The van der Waals surface area contributed by atoms with Crippen LogP contribution in [0.2, 0.25) is 0 Å². The third kappa shape index (κ3) is 1.57. The van der Waals surface area contributed by atoms with Gasteiger partial charge in [-0.15, -0.1) is 0 Å². The summed E-state index contributed by atoms with van der Waals surface area (Å²) in [5.41, 5.74) is 7.53. The van der Waals surface area contributed by atoms with Crippen LogP contribution in [0.5, 0.6) is 5.75 Å². The molecule has 0 aliphatic rings. The van der Waals surface area contributed by atoms with Gasteiger partial charge in [-0.1, -0.05) is 6.07 Å². The Kier molecular flexibility index (Phi) is 2.60. The molecule has 0 fully saturated rings. The predicted molar refractivity (Wildman–Crippen MR) is 60.0 cm³/mol. The van der Waals surface area contributed by atoms with Crippen LogP contribution < -0.4 is 10.5 Å². The molecule has 1 aromatic heterocycles. The molecule has 4 nitrogen and oxygen atoms in total. The third-order valence-corrected chi connectivity index (χ3v) is 2.54. The average Bonchev–Trinajstić information content (AvgIpc) is 2.57. The van der Waals surface area contributed by atoms with Crippen LogP contribution in [-0.4, -0.2) is 23.2 Å². The highest BCUT2D eigenvalue weighted by Gasteiger charge is 2.10. The lowest BCUT2D eigenvalue weighted by Gasteiger charge is -2.04. The van der Waals surface area contributed by atoms with Crippen molar-refractivity contribution in [3.8, 4) is 5.75 Å². The van der Waals surface area contributed by atoms with Crippen molar-refractivity contribution in [3.05, 3.63) is 24.0 Å². The Hall–Kier alpha value is -1.55. The van der Waals surface area contributed by atoms with Gasteiger partial charge >= 0.3 is 0 Å². The molecule has 2 aromatic rings. The number of nitrogens with zero attached hydrogens (tertiary/aromatic N) is 2. The standard InChI is InChI=1S/C11H15N3O/c1-14-10(6-7-12)13-8-4-3-5-9(15-2)11(8)14/h3-5H,6-7,12H2,1-2H3. The molecule has 15 heavy (non-hydrogen) atoms. The molecule has 0 bridgehead atoms. The quantitative estimate of drug-likeness (QED) is 0.815. The summed E-state index contributed by atoms with van der Waals surface area (Å²) >= 11 is 0. The first-order valence-corrected chi connectivity index (χ1v) is 4.96. The Morgan fingerprint density at radius 1 is 1.47 bits per heavy atom. The van der Waals surface area contributed by atoms with Crippen LogP contribution in [0, 0.1) is 0 Å². The molecule has 1 heterocycles. The lowest BCUT2D eigenvalue weighted by molar-refractivity contribution is 0.417. The second-order valence-corrected chi connectivity index (χ2v) is 3.45. The normalized spacial score (nSPS) is 10.9. The maximum Gasteiger partial charge on any atom is 0.144 e. The van der Waals surface area contributed by atoms with Crippen LogP contribution in [0.1, 0.15) is 5.82 Å². The molecule has 0 saturated carbocycles. The van der Waals surface area contributed by atoms with Gasteiger partial charge in [-0.25, -0.2) is 4.98 Å². The summed E-state index contributed by atoms with van der Waals surface area (Å²) in [6.07, 6.45) is 0.786. The summed E-state index contributed by atoms with van der Waals surface area (Å²) < 4.78 is 7.35. The van der Waals surface area contributed by atoms with Crippen LogP contribution in [-0.2, 0) is 13.5 Å². The monoisotopic (exact) mass is 205 g/mol. The number of rotatable bonds is 3. The first-order valence-electron chi connectivity index (χ1n) is 4.96. The number of para-hydroxylation sites is 1. The maximum atomic E-state index is 5.54. The van der Waals surface area contributed by atoms with E-state index in [1.54, 1.807) is 7.11 Å². The fourth-order valence-corrected chi connectivity index (χ4v) is 1.80. The summed E-state index contributed by atoms with van der Waals surface area (Å²) in [5.74, 6) is 1.85. The number of benzene rings is 1. The number of aromatic nitrogens is 2. The lowest BCUT2D eigenvalue weighted by Crippen LogP contribution is -2.07. The Morgan fingerprint density at radius 3 is 2.93 bits per heavy atom. The highest BCUT2D eigenvalue weighted by atomic mass is 16.5. The molecule has 0 amide bonds.